The highest BCUT2D eigenvalue weighted by molar-refractivity contribution is 5.36. The molecule has 1 saturated heterocycles. The molecule has 1 rings (SSSR count). The highest BCUT2D eigenvalue weighted by Gasteiger charge is 2.19. The van der Waals surface area contributed by atoms with Crippen LogP contribution in [0.25, 0.3) is 0 Å². The fourth-order valence-electron chi connectivity index (χ4n) is 1.34. The predicted molar refractivity (Wildman–Crippen MR) is 50.5 cm³/mol. The number of hydrogen-bond acceptors (Lipinski definition) is 4. The average molecular weight is 189 g/mol. The zero-order chi connectivity index (χ0) is 10.1. The number of methoxy groups -OCH3 is 2. The second-order valence-corrected chi connectivity index (χ2v) is 3.08. The number of carbonyl (C=O) groups excluding carboxylic acids is 1. The maximum atomic E-state index is 8.95. The van der Waals surface area contributed by atoms with E-state index in [0.29, 0.717) is 18.5 Å². The zero-order valence-corrected chi connectivity index (χ0v) is 8.58. The highest BCUT2D eigenvalue weighted by Crippen LogP contribution is 2.12. The number of ether oxygens (including phenoxy) is 2. The van der Waals surface area contributed by atoms with Crippen LogP contribution in [0.2, 0.25) is 0 Å². The fourth-order valence-corrected chi connectivity index (χ4v) is 1.34. The van der Waals surface area contributed by atoms with Crippen LogP contribution in [0.4, 0.5) is 0 Å². The van der Waals surface area contributed by atoms with Gasteiger partial charge in [0, 0.05) is 13.7 Å². The molecular formula is C9H19NO3. The monoisotopic (exact) mass is 189 g/mol. The van der Waals surface area contributed by atoms with Gasteiger partial charge in [0.2, 0.25) is 0 Å². The number of piperidine rings is 1. The highest BCUT2D eigenvalue weighted by atomic mass is 16.5. The van der Waals surface area contributed by atoms with Crippen LogP contribution in [0.5, 0.6) is 0 Å². The number of rotatable bonds is 2. The first-order valence-corrected chi connectivity index (χ1v) is 4.46. The normalized spacial score (nSPS) is 27.0. The summed E-state index contributed by atoms with van der Waals surface area (Å²) in [6.07, 6.45) is 1.66. The quantitative estimate of drug-likeness (QED) is 0.640. The molecule has 0 saturated carbocycles. The summed E-state index contributed by atoms with van der Waals surface area (Å²) in [6, 6.07) is 0. The molecule has 0 aromatic rings. The van der Waals surface area contributed by atoms with Gasteiger partial charge in [-0.15, -0.1) is 0 Å². The Labute approximate surface area is 79.6 Å². The Hall–Kier alpha value is -0.610. The Morgan fingerprint density at radius 3 is 2.38 bits per heavy atom. The summed E-state index contributed by atoms with van der Waals surface area (Å²) < 4.78 is 9.12. The molecule has 2 atom stereocenters. The van der Waals surface area contributed by atoms with Crippen molar-refractivity contribution in [1.82, 2.24) is 5.32 Å². The van der Waals surface area contributed by atoms with E-state index in [1.54, 1.807) is 7.11 Å². The maximum Gasteiger partial charge on any atom is 0.292 e. The summed E-state index contributed by atoms with van der Waals surface area (Å²) in [4.78, 5) is 8.95. The van der Waals surface area contributed by atoms with E-state index < -0.39 is 0 Å². The van der Waals surface area contributed by atoms with Crippen molar-refractivity contribution in [1.29, 1.82) is 0 Å². The number of hydrogen-bond donors (Lipinski definition) is 1. The van der Waals surface area contributed by atoms with Gasteiger partial charge < -0.3 is 14.8 Å². The summed E-state index contributed by atoms with van der Waals surface area (Å²) in [5.41, 5.74) is 0. The SMILES string of the molecule is COC1CCNCC1C.COC=O. The summed E-state index contributed by atoms with van der Waals surface area (Å²) in [5.74, 6) is 0.684. The molecule has 0 aliphatic carbocycles. The molecule has 1 aliphatic heterocycles. The minimum absolute atomic E-state index is 0.375. The van der Waals surface area contributed by atoms with Gasteiger partial charge >= 0.3 is 0 Å². The molecule has 13 heavy (non-hydrogen) atoms. The van der Waals surface area contributed by atoms with Gasteiger partial charge in [-0.05, 0) is 18.9 Å². The first-order valence-electron chi connectivity index (χ1n) is 4.46. The van der Waals surface area contributed by atoms with Gasteiger partial charge in [-0.2, -0.15) is 0 Å². The second-order valence-electron chi connectivity index (χ2n) is 3.08. The first-order chi connectivity index (χ1) is 6.26. The van der Waals surface area contributed by atoms with Gasteiger partial charge in [0.05, 0.1) is 13.2 Å². The molecule has 0 radical (unpaired) electrons. The molecule has 2 unspecified atom stereocenters. The standard InChI is InChI=1S/C7H15NO.C2H4O2/c1-6-5-8-4-3-7(6)9-2;1-4-2-3/h6-8H,3-5H2,1-2H3;2H,1H3. The van der Waals surface area contributed by atoms with Crippen LogP contribution in [-0.4, -0.2) is 39.9 Å². The molecule has 4 heteroatoms. The van der Waals surface area contributed by atoms with Gasteiger partial charge in [-0.3, -0.25) is 4.79 Å². The maximum absolute atomic E-state index is 8.95. The number of nitrogens with one attached hydrogen (secondary N) is 1. The van der Waals surface area contributed by atoms with Crippen LogP contribution < -0.4 is 5.32 Å². The van der Waals surface area contributed by atoms with Crippen LogP contribution >= 0.6 is 0 Å². The van der Waals surface area contributed by atoms with Crippen molar-refractivity contribution in [3.05, 3.63) is 0 Å². The molecule has 0 bridgehead atoms. The molecule has 1 N–H and O–H groups in total. The van der Waals surface area contributed by atoms with Crippen LogP contribution in [-0.2, 0) is 14.3 Å². The van der Waals surface area contributed by atoms with Crippen LogP contribution in [0.1, 0.15) is 13.3 Å². The smallest absolute Gasteiger partial charge is 0.292 e. The minimum atomic E-state index is 0.375. The van der Waals surface area contributed by atoms with Gasteiger partial charge in [0.1, 0.15) is 0 Å². The van der Waals surface area contributed by atoms with Crippen molar-refractivity contribution < 1.29 is 14.3 Å². The molecule has 78 valence electrons. The molecular weight excluding hydrogens is 170 g/mol. The van der Waals surface area contributed by atoms with Crippen molar-refractivity contribution in [3.8, 4) is 0 Å². The lowest BCUT2D eigenvalue weighted by atomic mass is 9.98. The van der Waals surface area contributed by atoms with E-state index in [4.69, 9.17) is 9.53 Å². The summed E-state index contributed by atoms with van der Waals surface area (Å²) in [6.45, 7) is 4.82. The lowest BCUT2D eigenvalue weighted by Crippen LogP contribution is -2.39. The average Bonchev–Trinajstić information content (AvgIpc) is 2.19. The Morgan fingerprint density at radius 2 is 2.08 bits per heavy atom. The van der Waals surface area contributed by atoms with Gasteiger partial charge in [0.15, 0.2) is 0 Å². The molecule has 0 aromatic carbocycles. The van der Waals surface area contributed by atoms with Crippen molar-refractivity contribution >= 4 is 6.47 Å². The number of carbonyl (C=O) groups is 1. The largest absolute Gasteiger partial charge is 0.471 e. The molecule has 1 aliphatic rings. The summed E-state index contributed by atoms with van der Waals surface area (Å²) in [5, 5.41) is 3.32. The third-order valence-electron chi connectivity index (χ3n) is 2.11. The van der Waals surface area contributed by atoms with E-state index in [0.717, 1.165) is 19.5 Å². The van der Waals surface area contributed by atoms with Crippen molar-refractivity contribution in [2.75, 3.05) is 27.3 Å². The van der Waals surface area contributed by atoms with Crippen LogP contribution in [0.15, 0.2) is 0 Å². The molecule has 1 fully saturated rings. The van der Waals surface area contributed by atoms with Crippen LogP contribution in [0.3, 0.4) is 0 Å². The van der Waals surface area contributed by atoms with Gasteiger partial charge in [-0.1, -0.05) is 6.92 Å². The third-order valence-corrected chi connectivity index (χ3v) is 2.11. The fraction of sp³-hybridized carbons (Fsp3) is 0.889. The topological polar surface area (TPSA) is 47.6 Å². The Kier molecular flexibility index (Phi) is 7.63. The summed E-state index contributed by atoms with van der Waals surface area (Å²) in [7, 11) is 3.11. The van der Waals surface area contributed by atoms with E-state index in [2.05, 4.69) is 17.0 Å². The van der Waals surface area contributed by atoms with Crippen molar-refractivity contribution in [2.24, 2.45) is 5.92 Å². The van der Waals surface area contributed by atoms with E-state index in [1.807, 2.05) is 0 Å². The first kappa shape index (κ1) is 12.4. The molecule has 0 spiro atoms. The predicted octanol–water partition coefficient (Wildman–Crippen LogP) is 0.420. The van der Waals surface area contributed by atoms with Gasteiger partial charge in [0.25, 0.3) is 6.47 Å². The van der Waals surface area contributed by atoms with Gasteiger partial charge in [-0.25, -0.2) is 0 Å². The zero-order valence-electron chi connectivity index (χ0n) is 8.58. The van der Waals surface area contributed by atoms with E-state index in [1.165, 1.54) is 7.11 Å². The van der Waals surface area contributed by atoms with Crippen LogP contribution in [0, 0.1) is 5.92 Å². The molecule has 4 nitrogen and oxygen atoms in total. The Morgan fingerprint density at radius 1 is 1.46 bits per heavy atom. The van der Waals surface area contributed by atoms with Crippen molar-refractivity contribution in [2.45, 2.75) is 19.4 Å². The Bertz CT molecular complexity index is 130. The Balaban J connectivity index is 0.000000310. The van der Waals surface area contributed by atoms with Crippen molar-refractivity contribution in [3.63, 3.8) is 0 Å². The van der Waals surface area contributed by atoms with E-state index >= 15 is 0 Å². The lowest BCUT2D eigenvalue weighted by Gasteiger charge is -2.27. The third kappa shape index (κ3) is 5.60. The molecule has 0 amide bonds. The summed E-state index contributed by atoms with van der Waals surface area (Å²) >= 11 is 0. The minimum Gasteiger partial charge on any atom is -0.471 e. The molecule has 1 heterocycles. The lowest BCUT2D eigenvalue weighted by molar-refractivity contribution is -0.126. The molecule has 0 aromatic heterocycles. The van der Waals surface area contributed by atoms with E-state index in [-0.39, 0.29) is 0 Å². The second kappa shape index (κ2) is 8.01. The van der Waals surface area contributed by atoms with E-state index in [9.17, 15) is 0 Å².